The van der Waals surface area contributed by atoms with Gasteiger partial charge >= 0.3 is 0 Å². The summed E-state index contributed by atoms with van der Waals surface area (Å²) < 4.78 is 26.4. The molecule has 0 bridgehead atoms. The fourth-order valence-corrected chi connectivity index (χ4v) is 3.57. The van der Waals surface area contributed by atoms with Crippen LogP contribution in [0.5, 0.6) is 0 Å². The van der Waals surface area contributed by atoms with Crippen LogP contribution < -0.4 is 5.32 Å². The number of sulfonamides is 1. The quantitative estimate of drug-likeness (QED) is 0.847. The molecule has 0 saturated heterocycles. The van der Waals surface area contributed by atoms with E-state index in [0.717, 1.165) is 5.69 Å². The molecule has 10 heteroatoms. The van der Waals surface area contributed by atoms with Gasteiger partial charge in [0.05, 0.1) is 42.8 Å². The van der Waals surface area contributed by atoms with Crippen molar-refractivity contribution in [1.82, 2.24) is 24.4 Å². The van der Waals surface area contributed by atoms with Crippen LogP contribution in [0.15, 0.2) is 17.0 Å². The van der Waals surface area contributed by atoms with E-state index in [9.17, 15) is 13.2 Å². The van der Waals surface area contributed by atoms with Gasteiger partial charge in [0.2, 0.25) is 10.0 Å². The van der Waals surface area contributed by atoms with Crippen LogP contribution in [0.2, 0.25) is 0 Å². The third kappa shape index (κ3) is 3.18. The Morgan fingerprint density at radius 3 is 2.95 bits per heavy atom. The molecular formula is C12H15N5O3S2. The van der Waals surface area contributed by atoms with Crippen LogP contribution >= 0.6 is 11.3 Å². The number of thiazole rings is 1. The summed E-state index contributed by atoms with van der Waals surface area (Å²) in [5, 5.41) is 8.81. The minimum Gasteiger partial charge on any atom is -0.345 e. The summed E-state index contributed by atoms with van der Waals surface area (Å²) in [5.74, 6) is -0.245. The van der Waals surface area contributed by atoms with Gasteiger partial charge in [0.25, 0.3) is 5.91 Å². The molecular weight excluding hydrogens is 326 g/mol. The molecule has 0 radical (unpaired) electrons. The molecule has 2 aromatic rings. The van der Waals surface area contributed by atoms with Crippen molar-refractivity contribution in [3.8, 4) is 0 Å². The summed E-state index contributed by atoms with van der Waals surface area (Å²) in [4.78, 5) is 15.8. The first-order chi connectivity index (χ1) is 10.4. The van der Waals surface area contributed by atoms with E-state index in [1.54, 1.807) is 15.6 Å². The summed E-state index contributed by atoms with van der Waals surface area (Å²) >= 11 is 1.36. The van der Waals surface area contributed by atoms with Crippen LogP contribution in [-0.2, 0) is 29.7 Å². The Labute approximate surface area is 131 Å². The Hall–Kier alpha value is -1.78. The first-order valence-corrected chi connectivity index (χ1v) is 9.40. The van der Waals surface area contributed by atoms with Gasteiger partial charge in [-0.2, -0.15) is 9.40 Å². The monoisotopic (exact) mass is 341 g/mol. The van der Waals surface area contributed by atoms with Crippen molar-refractivity contribution >= 4 is 27.3 Å². The first kappa shape index (κ1) is 15.1. The Kier molecular flexibility index (Phi) is 3.98. The minimum atomic E-state index is -3.20. The van der Waals surface area contributed by atoms with Crippen molar-refractivity contribution in [1.29, 1.82) is 0 Å². The fraction of sp³-hybridized carbons (Fsp3) is 0.417. The number of hydrogen-bond donors (Lipinski definition) is 1. The molecule has 118 valence electrons. The van der Waals surface area contributed by atoms with Gasteiger partial charge in [-0.25, -0.2) is 13.4 Å². The maximum absolute atomic E-state index is 11.8. The summed E-state index contributed by atoms with van der Waals surface area (Å²) in [6, 6.07) is 1.82. The molecule has 1 aliphatic heterocycles. The van der Waals surface area contributed by atoms with Crippen LogP contribution in [0.3, 0.4) is 0 Å². The second-order valence-electron chi connectivity index (χ2n) is 5.00. The minimum absolute atomic E-state index is 0.245. The molecule has 0 unspecified atom stereocenters. The van der Waals surface area contributed by atoms with E-state index in [-0.39, 0.29) is 12.5 Å². The zero-order valence-corrected chi connectivity index (χ0v) is 13.5. The van der Waals surface area contributed by atoms with E-state index >= 15 is 0 Å². The molecule has 1 amide bonds. The highest BCUT2D eigenvalue weighted by Gasteiger charge is 2.24. The van der Waals surface area contributed by atoms with Gasteiger partial charge in [-0.15, -0.1) is 11.3 Å². The van der Waals surface area contributed by atoms with Gasteiger partial charge in [-0.1, -0.05) is 0 Å². The second kappa shape index (κ2) is 5.78. The van der Waals surface area contributed by atoms with Crippen molar-refractivity contribution < 1.29 is 13.2 Å². The van der Waals surface area contributed by atoms with Crippen LogP contribution in [0.4, 0.5) is 0 Å². The summed E-state index contributed by atoms with van der Waals surface area (Å²) in [7, 11) is -3.20. The lowest BCUT2D eigenvalue weighted by Gasteiger charge is -2.25. The SMILES string of the molecule is CS(=O)(=O)N1CCn2nc(CNC(=O)c3cscn3)cc2C1. The molecule has 3 heterocycles. The van der Waals surface area contributed by atoms with E-state index in [0.29, 0.717) is 31.0 Å². The number of aromatic nitrogens is 3. The lowest BCUT2D eigenvalue weighted by atomic mass is 10.3. The molecule has 0 aromatic carbocycles. The van der Waals surface area contributed by atoms with Crippen molar-refractivity contribution in [2.24, 2.45) is 0 Å². The van der Waals surface area contributed by atoms with Gasteiger partial charge in [-0.05, 0) is 6.07 Å². The average Bonchev–Trinajstić information content (AvgIpc) is 3.11. The molecule has 22 heavy (non-hydrogen) atoms. The van der Waals surface area contributed by atoms with E-state index in [1.807, 2.05) is 6.07 Å². The molecule has 2 aromatic heterocycles. The number of carbonyl (C=O) groups excluding carboxylic acids is 1. The van der Waals surface area contributed by atoms with Crippen LogP contribution in [0, 0.1) is 0 Å². The summed E-state index contributed by atoms with van der Waals surface area (Å²) in [6.07, 6.45) is 1.20. The van der Waals surface area contributed by atoms with E-state index < -0.39 is 10.0 Å². The number of hydrogen-bond acceptors (Lipinski definition) is 6. The summed E-state index contributed by atoms with van der Waals surface area (Å²) in [6.45, 7) is 1.53. The lowest BCUT2D eigenvalue weighted by Crippen LogP contribution is -2.37. The zero-order chi connectivity index (χ0) is 15.7. The second-order valence-corrected chi connectivity index (χ2v) is 7.70. The number of amides is 1. The van der Waals surface area contributed by atoms with Crippen molar-refractivity contribution in [2.75, 3.05) is 12.8 Å². The third-order valence-corrected chi connectivity index (χ3v) is 5.21. The zero-order valence-electron chi connectivity index (χ0n) is 11.9. The molecule has 0 fully saturated rings. The van der Waals surface area contributed by atoms with Crippen molar-refractivity contribution in [3.63, 3.8) is 0 Å². The van der Waals surface area contributed by atoms with Crippen LogP contribution in [0.1, 0.15) is 21.9 Å². The summed E-state index contributed by atoms with van der Waals surface area (Å²) in [5.41, 5.74) is 3.52. The normalized spacial score (nSPS) is 15.5. The molecule has 0 atom stereocenters. The number of rotatable bonds is 4. The Morgan fingerprint density at radius 1 is 1.45 bits per heavy atom. The lowest BCUT2D eigenvalue weighted by molar-refractivity contribution is 0.0946. The van der Waals surface area contributed by atoms with Crippen LogP contribution in [-0.4, -0.2) is 46.2 Å². The number of nitrogens with zero attached hydrogens (tertiary/aromatic N) is 4. The van der Waals surface area contributed by atoms with E-state index in [2.05, 4.69) is 15.4 Å². The molecule has 0 saturated carbocycles. The standard InChI is InChI=1S/C12H15N5O3S2/c1-22(19,20)16-2-3-17-10(6-16)4-9(15-17)5-13-12(18)11-7-21-8-14-11/h4,7-8H,2-3,5-6H2,1H3,(H,13,18). The molecule has 3 rings (SSSR count). The van der Waals surface area contributed by atoms with Gasteiger partial charge in [0, 0.05) is 11.9 Å². The maximum Gasteiger partial charge on any atom is 0.271 e. The van der Waals surface area contributed by atoms with Gasteiger partial charge < -0.3 is 5.32 Å². The highest BCUT2D eigenvalue weighted by Crippen LogP contribution is 2.16. The number of carbonyl (C=O) groups is 1. The average molecular weight is 341 g/mol. The van der Waals surface area contributed by atoms with E-state index in [4.69, 9.17) is 0 Å². The van der Waals surface area contributed by atoms with Crippen molar-refractivity contribution in [3.05, 3.63) is 34.0 Å². The predicted octanol–water partition coefficient (Wildman–Crippen LogP) is 0.0448. The van der Waals surface area contributed by atoms with Gasteiger partial charge in [-0.3, -0.25) is 9.48 Å². The predicted molar refractivity (Wildman–Crippen MR) is 80.8 cm³/mol. The molecule has 1 N–H and O–H groups in total. The van der Waals surface area contributed by atoms with Gasteiger partial charge in [0.15, 0.2) is 0 Å². The Morgan fingerprint density at radius 2 is 2.27 bits per heavy atom. The van der Waals surface area contributed by atoms with Gasteiger partial charge in [0.1, 0.15) is 5.69 Å². The number of nitrogens with one attached hydrogen (secondary N) is 1. The molecule has 0 spiro atoms. The highest BCUT2D eigenvalue weighted by atomic mass is 32.2. The Bertz CT molecular complexity index is 782. The molecule has 8 nitrogen and oxygen atoms in total. The maximum atomic E-state index is 11.8. The third-order valence-electron chi connectivity index (χ3n) is 3.38. The number of fused-ring (bicyclic) bond motifs is 1. The smallest absolute Gasteiger partial charge is 0.271 e. The molecule has 1 aliphatic rings. The van der Waals surface area contributed by atoms with Crippen molar-refractivity contribution in [2.45, 2.75) is 19.6 Å². The topological polar surface area (TPSA) is 97.2 Å². The molecule has 0 aliphatic carbocycles. The van der Waals surface area contributed by atoms with E-state index in [1.165, 1.54) is 21.9 Å². The Balaban J connectivity index is 1.66. The largest absolute Gasteiger partial charge is 0.345 e. The first-order valence-electron chi connectivity index (χ1n) is 6.60. The van der Waals surface area contributed by atoms with Crippen LogP contribution in [0.25, 0.3) is 0 Å². The highest BCUT2D eigenvalue weighted by molar-refractivity contribution is 7.88. The fourth-order valence-electron chi connectivity index (χ4n) is 2.26.